The highest BCUT2D eigenvalue weighted by Gasteiger charge is 2.25. The summed E-state index contributed by atoms with van der Waals surface area (Å²) in [6.07, 6.45) is 2.07. The number of anilines is 2. The number of carbonyl (C=O) groups is 1. The first-order chi connectivity index (χ1) is 16.4. The molecule has 4 rings (SSSR count). The minimum atomic E-state index is -0.229. The first-order valence-electron chi connectivity index (χ1n) is 11.0. The van der Waals surface area contributed by atoms with Crippen LogP contribution in [0.15, 0.2) is 65.6 Å². The minimum Gasteiger partial charge on any atom is -0.343 e. The summed E-state index contributed by atoms with van der Waals surface area (Å²) in [6, 6.07) is 19.5. The van der Waals surface area contributed by atoms with Gasteiger partial charge in [0, 0.05) is 32.3 Å². The van der Waals surface area contributed by atoms with Crippen molar-refractivity contribution >= 4 is 40.0 Å². The number of aryl methyl sites for hydroxylation is 3. The van der Waals surface area contributed by atoms with Crippen LogP contribution in [0.1, 0.15) is 49.4 Å². The highest BCUT2D eigenvalue weighted by Crippen LogP contribution is 2.41. The summed E-state index contributed by atoms with van der Waals surface area (Å²) in [4.78, 5) is 24.6. The van der Waals surface area contributed by atoms with Gasteiger partial charge in [-0.3, -0.25) is 4.79 Å². The molecule has 0 saturated heterocycles. The molecule has 0 aliphatic heterocycles. The topological polar surface area (TPSA) is 66.9 Å². The number of hydrogen-bond donors (Lipinski definition) is 2. The van der Waals surface area contributed by atoms with Crippen molar-refractivity contribution in [2.24, 2.45) is 0 Å². The van der Waals surface area contributed by atoms with Crippen molar-refractivity contribution in [1.29, 1.82) is 0 Å². The number of carbonyl (C=O) groups excluding carboxylic acids is 1. The predicted octanol–water partition coefficient (Wildman–Crippen LogP) is 6.95. The molecule has 2 heterocycles. The molecule has 7 heteroatoms. The van der Waals surface area contributed by atoms with E-state index in [4.69, 9.17) is 0 Å². The maximum absolute atomic E-state index is 13.0. The van der Waals surface area contributed by atoms with Gasteiger partial charge in [-0.15, -0.1) is 23.1 Å². The largest absolute Gasteiger partial charge is 0.343 e. The normalized spacial score (nSPS) is 11.8. The summed E-state index contributed by atoms with van der Waals surface area (Å²) in [7, 11) is 0. The van der Waals surface area contributed by atoms with Crippen molar-refractivity contribution in [3.8, 4) is 0 Å². The molecule has 2 aromatic carbocycles. The number of aromatic nitrogens is 2. The Balaban J connectivity index is 1.79. The Bertz CT molecular complexity index is 1280. The lowest BCUT2D eigenvalue weighted by Gasteiger charge is -2.22. The second-order valence-corrected chi connectivity index (χ2v) is 10.3. The second kappa shape index (κ2) is 10.4. The van der Waals surface area contributed by atoms with Gasteiger partial charge in [-0.05, 0) is 75.4 Å². The van der Waals surface area contributed by atoms with Crippen LogP contribution in [0.25, 0.3) is 0 Å². The van der Waals surface area contributed by atoms with Crippen LogP contribution in [0.4, 0.5) is 10.9 Å². The molecular weight excluding hydrogens is 460 g/mol. The highest BCUT2D eigenvalue weighted by molar-refractivity contribution is 7.98. The zero-order valence-corrected chi connectivity index (χ0v) is 21.6. The van der Waals surface area contributed by atoms with Gasteiger partial charge in [0.05, 0.1) is 6.04 Å². The molecule has 2 N–H and O–H groups in total. The average Bonchev–Trinajstić information content (AvgIpc) is 3.10. The summed E-state index contributed by atoms with van der Waals surface area (Å²) in [5, 5.41) is 7.56. The van der Waals surface area contributed by atoms with E-state index < -0.39 is 0 Å². The Morgan fingerprint density at radius 1 is 0.941 bits per heavy atom. The lowest BCUT2D eigenvalue weighted by molar-refractivity contribution is 0.102. The number of rotatable bonds is 7. The molecule has 4 aromatic rings. The quantitative estimate of drug-likeness (QED) is 0.276. The number of amides is 1. The van der Waals surface area contributed by atoms with Crippen LogP contribution in [0.3, 0.4) is 0 Å². The van der Waals surface area contributed by atoms with Gasteiger partial charge >= 0.3 is 0 Å². The standard InChI is InChI=1S/C27H28N4OS2/c1-16-15-17(2)29-27(28-16)30-24(20-11-13-22(33-5)14-12-20)23-18(3)19(4)34-26(23)31-25(32)21-9-7-6-8-10-21/h6-15,24H,1-5H3,(H,31,32)(H,28,29,30)/t24-/m1/s1. The second-order valence-electron chi connectivity index (χ2n) is 8.17. The van der Waals surface area contributed by atoms with Crippen LogP contribution in [-0.2, 0) is 0 Å². The van der Waals surface area contributed by atoms with Crippen molar-refractivity contribution in [2.75, 3.05) is 16.9 Å². The van der Waals surface area contributed by atoms with Crippen LogP contribution in [0.2, 0.25) is 0 Å². The maximum atomic E-state index is 13.0. The molecule has 0 radical (unpaired) electrons. The third kappa shape index (κ3) is 5.32. The number of thioether (sulfide) groups is 1. The van der Waals surface area contributed by atoms with Crippen molar-refractivity contribution in [2.45, 2.75) is 38.6 Å². The smallest absolute Gasteiger partial charge is 0.256 e. The van der Waals surface area contributed by atoms with E-state index in [0.717, 1.165) is 38.0 Å². The number of nitrogens with one attached hydrogen (secondary N) is 2. The molecule has 0 aliphatic rings. The highest BCUT2D eigenvalue weighted by atomic mass is 32.2. The first kappa shape index (κ1) is 24.0. The van der Waals surface area contributed by atoms with Gasteiger partial charge in [0.15, 0.2) is 0 Å². The number of hydrogen-bond acceptors (Lipinski definition) is 6. The summed E-state index contributed by atoms with van der Waals surface area (Å²) in [5.74, 6) is 0.447. The molecular formula is C27H28N4OS2. The van der Waals surface area contributed by atoms with Gasteiger partial charge in [0.25, 0.3) is 5.91 Å². The number of nitrogens with zero attached hydrogens (tertiary/aromatic N) is 2. The van der Waals surface area contributed by atoms with E-state index in [1.807, 2.05) is 50.2 Å². The third-order valence-corrected chi connectivity index (χ3v) is 7.57. The molecule has 2 aromatic heterocycles. The van der Waals surface area contributed by atoms with Crippen molar-refractivity contribution in [3.63, 3.8) is 0 Å². The fourth-order valence-electron chi connectivity index (χ4n) is 3.89. The molecule has 1 atom stereocenters. The predicted molar refractivity (Wildman–Crippen MR) is 143 cm³/mol. The minimum absolute atomic E-state index is 0.123. The molecule has 0 fully saturated rings. The molecule has 0 aliphatic carbocycles. The van der Waals surface area contributed by atoms with E-state index in [1.165, 1.54) is 4.90 Å². The zero-order chi connectivity index (χ0) is 24.2. The molecule has 5 nitrogen and oxygen atoms in total. The summed E-state index contributed by atoms with van der Waals surface area (Å²) >= 11 is 3.30. The Labute approximate surface area is 209 Å². The molecule has 0 bridgehead atoms. The van der Waals surface area contributed by atoms with E-state index in [1.54, 1.807) is 23.1 Å². The van der Waals surface area contributed by atoms with Gasteiger partial charge in [-0.2, -0.15) is 0 Å². The van der Waals surface area contributed by atoms with Gasteiger partial charge in [-0.1, -0.05) is 30.3 Å². The summed E-state index contributed by atoms with van der Waals surface area (Å²) in [6.45, 7) is 8.12. The SMILES string of the molecule is CSc1ccc([C@@H](Nc2nc(C)cc(C)n2)c2c(NC(=O)c3ccccc3)sc(C)c2C)cc1. The third-order valence-electron chi connectivity index (χ3n) is 5.69. The molecule has 0 spiro atoms. The van der Waals surface area contributed by atoms with Crippen LogP contribution in [0.5, 0.6) is 0 Å². The van der Waals surface area contributed by atoms with Gasteiger partial charge in [-0.25, -0.2) is 9.97 Å². The van der Waals surface area contributed by atoms with Crippen LogP contribution in [-0.4, -0.2) is 22.1 Å². The van der Waals surface area contributed by atoms with E-state index in [9.17, 15) is 4.79 Å². The Hall–Kier alpha value is -3.16. The Morgan fingerprint density at radius 3 is 2.21 bits per heavy atom. The monoisotopic (exact) mass is 488 g/mol. The Morgan fingerprint density at radius 2 is 1.59 bits per heavy atom. The van der Waals surface area contributed by atoms with Gasteiger partial charge < -0.3 is 10.6 Å². The van der Waals surface area contributed by atoms with Gasteiger partial charge in [0.2, 0.25) is 5.95 Å². The van der Waals surface area contributed by atoms with Crippen molar-refractivity contribution < 1.29 is 4.79 Å². The van der Waals surface area contributed by atoms with E-state index in [0.29, 0.717) is 11.5 Å². The van der Waals surface area contributed by atoms with E-state index in [2.05, 4.69) is 65.0 Å². The molecule has 0 unspecified atom stereocenters. The first-order valence-corrected chi connectivity index (χ1v) is 13.1. The zero-order valence-electron chi connectivity index (χ0n) is 20.0. The number of thiophene rings is 1. The van der Waals surface area contributed by atoms with Gasteiger partial charge in [0.1, 0.15) is 5.00 Å². The molecule has 174 valence electrons. The van der Waals surface area contributed by atoms with Crippen molar-refractivity contribution in [3.05, 3.63) is 99.2 Å². The van der Waals surface area contributed by atoms with Crippen LogP contribution >= 0.6 is 23.1 Å². The fourth-order valence-corrected chi connectivity index (χ4v) is 5.39. The van der Waals surface area contributed by atoms with E-state index in [-0.39, 0.29) is 11.9 Å². The summed E-state index contributed by atoms with van der Waals surface area (Å²) < 4.78 is 0. The maximum Gasteiger partial charge on any atom is 0.256 e. The molecule has 0 saturated carbocycles. The Kier molecular flexibility index (Phi) is 7.34. The van der Waals surface area contributed by atoms with Crippen molar-refractivity contribution in [1.82, 2.24) is 9.97 Å². The van der Waals surface area contributed by atoms with E-state index >= 15 is 0 Å². The van der Waals surface area contributed by atoms with Crippen LogP contribution in [0, 0.1) is 27.7 Å². The fraction of sp³-hybridized carbons (Fsp3) is 0.222. The van der Waals surface area contributed by atoms with Crippen LogP contribution < -0.4 is 10.6 Å². The molecule has 1 amide bonds. The summed E-state index contributed by atoms with van der Waals surface area (Å²) in [5.41, 5.74) is 5.69. The lowest BCUT2D eigenvalue weighted by Crippen LogP contribution is -2.19. The lowest BCUT2D eigenvalue weighted by atomic mass is 9.96. The molecule has 34 heavy (non-hydrogen) atoms. The number of benzene rings is 2. The average molecular weight is 489 g/mol.